The zero-order valence-electron chi connectivity index (χ0n) is 16.0. The third-order valence-corrected chi connectivity index (χ3v) is 5.51. The number of hydrogen-bond donors (Lipinski definition) is 2. The van der Waals surface area contributed by atoms with Gasteiger partial charge in [-0.25, -0.2) is 8.78 Å². The van der Waals surface area contributed by atoms with Gasteiger partial charge in [0.1, 0.15) is 5.82 Å². The van der Waals surface area contributed by atoms with E-state index in [4.69, 9.17) is 0 Å². The number of hydrogen-bond acceptors (Lipinski definition) is 3. The summed E-state index contributed by atoms with van der Waals surface area (Å²) in [5.41, 5.74) is 2.41. The van der Waals surface area contributed by atoms with E-state index in [2.05, 4.69) is 20.5 Å². The van der Waals surface area contributed by atoms with E-state index in [0.29, 0.717) is 28.5 Å². The molecule has 2 aromatic heterocycles. The molecule has 28 heavy (non-hydrogen) atoms. The Kier molecular flexibility index (Phi) is 3.27. The number of aromatic nitrogens is 4. The molecule has 0 radical (unpaired) electrons. The maximum absolute atomic E-state index is 15.4. The van der Waals surface area contributed by atoms with Crippen molar-refractivity contribution in [3.05, 3.63) is 59.3 Å². The smallest absolute Gasteiger partial charge is 0.184 e. The van der Waals surface area contributed by atoms with Gasteiger partial charge in [0.05, 0.1) is 16.9 Å². The van der Waals surface area contributed by atoms with Crippen LogP contribution in [0.2, 0.25) is 0 Å². The third kappa shape index (κ3) is 2.04. The van der Waals surface area contributed by atoms with E-state index in [9.17, 15) is 0 Å². The van der Waals surface area contributed by atoms with Crippen LogP contribution in [0.25, 0.3) is 27.7 Å². The number of halogens is 2. The first-order valence-corrected chi connectivity index (χ1v) is 9.10. The number of aryl methyl sites for hydroxylation is 1. The molecule has 0 amide bonds. The van der Waals surface area contributed by atoms with Gasteiger partial charge in [0.25, 0.3) is 0 Å². The number of anilines is 1. The predicted molar refractivity (Wildman–Crippen MR) is 105 cm³/mol. The highest BCUT2D eigenvalue weighted by atomic mass is 19.2. The quantitative estimate of drug-likeness (QED) is 0.491. The molecule has 0 fully saturated rings. The molecular weight excluding hydrogens is 360 g/mol. The molecule has 142 valence electrons. The van der Waals surface area contributed by atoms with Gasteiger partial charge in [0.15, 0.2) is 17.5 Å². The monoisotopic (exact) mass is 379 g/mol. The Bertz CT molecular complexity index is 1270. The largest absolute Gasteiger partial charge is 0.369 e. The van der Waals surface area contributed by atoms with Crippen molar-refractivity contribution in [3.8, 4) is 16.8 Å². The van der Waals surface area contributed by atoms with E-state index in [1.807, 2.05) is 56.5 Å². The van der Waals surface area contributed by atoms with Crippen LogP contribution >= 0.6 is 0 Å². The molecule has 1 aliphatic heterocycles. The van der Waals surface area contributed by atoms with E-state index >= 15 is 8.78 Å². The van der Waals surface area contributed by atoms with Gasteiger partial charge in [-0.1, -0.05) is 12.1 Å². The second-order valence-electron chi connectivity index (χ2n) is 7.75. The Balaban J connectivity index is 1.91. The van der Waals surface area contributed by atoms with Gasteiger partial charge in [-0.3, -0.25) is 4.57 Å². The van der Waals surface area contributed by atoms with Gasteiger partial charge in [0, 0.05) is 22.7 Å². The molecule has 0 saturated carbocycles. The van der Waals surface area contributed by atoms with Crippen LogP contribution in [0.4, 0.5) is 14.5 Å². The second kappa shape index (κ2) is 5.41. The summed E-state index contributed by atoms with van der Waals surface area (Å²) in [6.07, 6.45) is 1.79. The fourth-order valence-corrected chi connectivity index (χ4v) is 4.21. The molecule has 5 rings (SSSR count). The van der Waals surface area contributed by atoms with Crippen LogP contribution in [-0.4, -0.2) is 19.7 Å². The summed E-state index contributed by atoms with van der Waals surface area (Å²) in [6.45, 7) is 7.37. The van der Waals surface area contributed by atoms with Crippen molar-refractivity contribution in [1.82, 2.24) is 19.7 Å². The fourth-order valence-electron chi connectivity index (χ4n) is 4.21. The Morgan fingerprint density at radius 2 is 1.82 bits per heavy atom. The molecule has 7 heteroatoms. The maximum Gasteiger partial charge on any atom is 0.184 e. The average Bonchev–Trinajstić information content (AvgIpc) is 3.27. The molecule has 0 atom stereocenters. The van der Waals surface area contributed by atoms with Crippen molar-refractivity contribution >= 4 is 16.6 Å². The molecule has 0 spiro atoms. The number of nitrogens with zero attached hydrogens (tertiary/aromatic N) is 3. The van der Waals surface area contributed by atoms with Gasteiger partial charge < -0.3 is 10.3 Å². The first kappa shape index (κ1) is 16.9. The molecule has 5 nitrogen and oxygen atoms in total. The summed E-state index contributed by atoms with van der Waals surface area (Å²) in [4.78, 5) is 3.12. The lowest BCUT2D eigenvalue weighted by atomic mass is 9.91. The molecule has 0 unspecified atom stereocenters. The zero-order valence-corrected chi connectivity index (χ0v) is 16.0. The van der Waals surface area contributed by atoms with Crippen molar-refractivity contribution in [2.24, 2.45) is 0 Å². The standard InChI is InChI=1S/C21H19F2N5/c1-10-15(13-6-5-7-14-12(13)8-9-24-14)16(22)17(23)18-19(10)28-11(2)26-27-20(28)21(3,4)25-18/h5-9,24-25H,1-4H3. The van der Waals surface area contributed by atoms with Crippen molar-refractivity contribution in [2.75, 3.05) is 5.32 Å². The first-order chi connectivity index (χ1) is 13.3. The highest BCUT2D eigenvalue weighted by Gasteiger charge is 2.38. The lowest BCUT2D eigenvalue weighted by Crippen LogP contribution is -2.37. The maximum atomic E-state index is 15.4. The van der Waals surface area contributed by atoms with Gasteiger partial charge >= 0.3 is 0 Å². The summed E-state index contributed by atoms with van der Waals surface area (Å²) < 4.78 is 32.5. The Hall–Kier alpha value is -3.22. The molecule has 3 heterocycles. The van der Waals surface area contributed by atoms with Crippen molar-refractivity contribution in [1.29, 1.82) is 0 Å². The Labute approximate surface area is 160 Å². The number of aromatic amines is 1. The highest BCUT2D eigenvalue weighted by molar-refractivity contribution is 5.97. The van der Waals surface area contributed by atoms with E-state index in [-0.39, 0.29) is 11.3 Å². The lowest BCUT2D eigenvalue weighted by Gasteiger charge is -2.35. The number of fused-ring (bicyclic) bond motifs is 4. The van der Waals surface area contributed by atoms with Crippen LogP contribution in [-0.2, 0) is 5.54 Å². The van der Waals surface area contributed by atoms with E-state index in [1.54, 1.807) is 6.20 Å². The van der Waals surface area contributed by atoms with Gasteiger partial charge in [0.2, 0.25) is 0 Å². The van der Waals surface area contributed by atoms with Crippen molar-refractivity contribution in [3.63, 3.8) is 0 Å². The summed E-state index contributed by atoms with van der Waals surface area (Å²) in [6, 6.07) is 7.43. The normalized spacial score (nSPS) is 14.6. The van der Waals surface area contributed by atoms with Gasteiger partial charge in [-0.05, 0) is 51.0 Å². The minimum atomic E-state index is -0.894. The molecule has 4 aromatic rings. The predicted octanol–water partition coefficient (Wildman–Crippen LogP) is 4.97. The van der Waals surface area contributed by atoms with Crippen LogP contribution in [0.1, 0.15) is 31.1 Å². The van der Waals surface area contributed by atoms with Crippen LogP contribution < -0.4 is 5.32 Å². The second-order valence-corrected chi connectivity index (χ2v) is 7.75. The van der Waals surface area contributed by atoms with E-state index in [0.717, 1.165) is 10.9 Å². The van der Waals surface area contributed by atoms with E-state index in [1.165, 1.54) is 0 Å². The molecule has 1 aliphatic rings. The van der Waals surface area contributed by atoms with Crippen molar-refractivity contribution in [2.45, 2.75) is 33.2 Å². The summed E-state index contributed by atoms with van der Waals surface area (Å²) >= 11 is 0. The van der Waals surface area contributed by atoms with Crippen LogP contribution in [0.15, 0.2) is 30.5 Å². The van der Waals surface area contributed by atoms with Crippen LogP contribution in [0.5, 0.6) is 0 Å². The first-order valence-electron chi connectivity index (χ1n) is 9.10. The lowest BCUT2D eigenvalue weighted by molar-refractivity contribution is 0.488. The SMILES string of the molecule is Cc1c(-c2cccc3[nH]ccc23)c(F)c(F)c2c1-n1c(C)nnc1C(C)(C)N2. The summed E-state index contributed by atoms with van der Waals surface area (Å²) in [5.74, 6) is -0.458. The van der Waals surface area contributed by atoms with Gasteiger partial charge in [-0.2, -0.15) is 0 Å². The fraction of sp³-hybridized carbons (Fsp3) is 0.238. The molecule has 2 aromatic carbocycles. The highest BCUT2D eigenvalue weighted by Crippen LogP contribution is 2.45. The van der Waals surface area contributed by atoms with Gasteiger partial charge in [-0.15, -0.1) is 10.2 Å². The minimum Gasteiger partial charge on any atom is -0.369 e. The average molecular weight is 379 g/mol. The summed E-state index contributed by atoms with van der Waals surface area (Å²) in [7, 11) is 0. The summed E-state index contributed by atoms with van der Waals surface area (Å²) in [5, 5.41) is 12.4. The van der Waals surface area contributed by atoms with E-state index < -0.39 is 17.2 Å². The molecule has 0 bridgehead atoms. The number of rotatable bonds is 1. The molecule has 2 N–H and O–H groups in total. The Morgan fingerprint density at radius 1 is 1.04 bits per heavy atom. The number of nitrogens with one attached hydrogen (secondary N) is 2. The number of H-pyrrole nitrogens is 1. The molecular formula is C21H19F2N5. The van der Waals surface area contributed by atoms with Crippen molar-refractivity contribution < 1.29 is 8.78 Å². The minimum absolute atomic E-state index is 0.139. The van der Waals surface area contributed by atoms with Crippen LogP contribution in [0.3, 0.4) is 0 Å². The Morgan fingerprint density at radius 3 is 2.61 bits per heavy atom. The topological polar surface area (TPSA) is 58.5 Å². The zero-order chi connectivity index (χ0) is 19.8. The van der Waals surface area contributed by atoms with Crippen LogP contribution in [0, 0.1) is 25.5 Å². The molecule has 0 saturated heterocycles. The third-order valence-electron chi connectivity index (χ3n) is 5.51. The number of benzene rings is 2. The molecule has 0 aliphatic carbocycles.